The molecule has 5 nitrogen and oxygen atoms in total. The molecular formula is C13H15NO4S. The van der Waals surface area contributed by atoms with Crippen LogP contribution in [0.15, 0.2) is 35.4 Å². The Balaban J connectivity index is 2.63. The lowest BCUT2D eigenvalue weighted by molar-refractivity contribution is 0.0531. The topological polar surface area (TPSA) is 65.4 Å². The Bertz CT molecular complexity index is 699. The molecule has 1 aromatic heterocycles. The molecule has 2 rings (SSSR count). The van der Waals surface area contributed by atoms with Gasteiger partial charge in [-0.1, -0.05) is 18.2 Å². The van der Waals surface area contributed by atoms with Gasteiger partial charge in [0.15, 0.2) is 10.7 Å². The molecule has 0 aliphatic carbocycles. The smallest absolute Gasteiger partial charge is 0.420 e. The van der Waals surface area contributed by atoms with E-state index >= 15 is 0 Å². The summed E-state index contributed by atoms with van der Waals surface area (Å²) in [5, 5.41) is 0.619. The second-order valence-electron chi connectivity index (χ2n) is 5.13. The van der Waals surface area contributed by atoms with Crippen LogP contribution in [0.1, 0.15) is 20.8 Å². The van der Waals surface area contributed by atoms with Gasteiger partial charge < -0.3 is 4.74 Å². The van der Waals surface area contributed by atoms with Crippen molar-refractivity contribution < 1.29 is 17.9 Å². The molecule has 1 heterocycles. The molecule has 0 saturated heterocycles. The van der Waals surface area contributed by atoms with Crippen LogP contribution in [0.3, 0.4) is 0 Å². The molecule has 6 heteroatoms. The molecule has 0 aliphatic heterocycles. The maximum absolute atomic E-state index is 12.1. The first-order valence-corrected chi connectivity index (χ1v) is 6.95. The number of benzene rings is 1. The zero-order valence-corrected chi connectivity index (χ0v) is 11.8. The number of hydrogen-bond acceptors (Lipinski definition) is 4. The summed E-state index contributed by atoms with van der Waals surface area (Å²) in [5.74, 6) is 0. The molecule has 0 aliphatic rings. The minimum absolute atomic E-state index is 0.0644. The van der Waals surface area contributed by atoms with Crippen LogP contribution in [0.5, 0.6) is 0 Å². The Kier molecular flexibility index (Phi) is 3.36. The van der Waals surface area contributed by atoms with E-state index in [-0.39, 0.29) is 5.03 Å². The third-order valence-electron chi connectivity index (χ3n) is 2.45. The zero-order valence-electron chi connectivity index (χ0n) is 10.9. The van der Waals surface area contributed by atoms with E-state index in [2.05, 4.69) is 0 Å². The maximum Gasteiger partial charge on any atom is 0.420 e. The molecule has 102 valence electrons. The number of para-hydroxylation sites is 1. The number of hydrogen-bond donors (Lipinski definition) is 1. The van der Waals surface area contributed by atoms with Gasteiger partial charge in [-0.2, -0.15) is 0 Å². The summed E-state index contributed by atoms with van der Waals surface area (Å²) in [6.45, 7) is 5.19. The van der Waals surface area contributed by atoms with Crippen molar-refractivity contribution in [2.45, 2.75) is 31.4 Å². The molecule has 0 unspecified atom stereocenters. The molecule has 0 N–H and O–H groups in total. The van der Waals surface area contributed by atoms with E-state index < -0.39 is 22.4 Å². The summed E-state index contributed by atoms with van der Waals surface area (Å²) in [4.78, 5) is 12.1. The Morgan fingerprint density at radius 1 is 1.21 bits per heavy atom. The number of carbonyl (C=O) groups is 1. The van der Waals surface area contributed by atoms with Gasteiger partial charge in [-0.15, -0.1) is 0 Å². The molecule has 0 spiro atoms. The van der Waals surface area contributed by atoms with E-state index in [0.717, 1.165) is 4.57 Å². The molecule has 19 heavy (non-hydrogen) atoms. The molecule has 0 amide bonds. The van der Waals surface area contributed by atoms with Crippen molar-refractivity contribution in [2.75, 3.05) is 0 Å². The average molecular weight is 281 g/mol. The predicted molar refractivity (Wildman–Crippen MR) is 72.2 cm³/mol. The molecular weight excluding hydrogens is 266 g/mol. The number of rotatable bonds is 1. The standard InChI is InChI=1S/C13H15NO4S/c1-13(2,3)18-12(15)14-10-7-5-4-6-9(10)8-11(14)19(16)17/h4-8,19H,1-3H3. The van der Waals surface area contributed by atoms with Crippen molar-refractivity contribution in [3.05, 3.63) is 30.3 Å². The number of fused-ring (bicyclic) bond motifs is 1. The van der Waals surface area contributed by atoms with E-state index in [1.165, 1.54) is 6.07 Å². The summed E-state index contributed by atoms with van der Waals surface area (Å²) < 4.78 is 28.9. The van der Waals surface area contributed by atoms with E-state index in [1.54, 1.807) is 45.0 Å². The van der Waals surface area contributed by atoms with E-state index in [4.69, 9.17) is 4.74 Å². The van der Waals surface area contributed by atoms with Gasteiger partial charge in [-0.25, -0.2) is 17.8 Å². The highest BCUT2D eigenvalue weighted by Gasteiger charge is 2.22. The van der Waals surface area contributed by atoms with Crippen LogP contribution in [0, 0.1) is 0 Å². The third kappa shape index (κ3) is 2.78. The van der Waals surface area contributed by atoms with Crippen molar-refractivity contribution in [3.63, 3.8) is 0 Å². The zero-order chi connectivity index (χ0) is 14.2. The fourth-order valence-electron chi connectivity index (χ4n) is 1.77. The fraction of sp³-hybridized carbons (Fsp3) is 0.308. The summed E-state index contributed by atoms with van der Waals surface area (Å²) in [6, 6.07) is 8.42. The second-order valence-corrected chi connectivity index (χ2v) is 6.11. The lowest BCUT2D eigenvalue weighted by Crippen LogP contribution is -2.27. The van der Waals surface area contributed by atoms with Gasteiger partial charge in [0.05, 0.1) is 5.52 Å². The fourth-order valence-corrected chi connectivity index (χ4v) is 2.37. The molecule has 0 bridgehead atoms. The van der Waals surface area contributed by atoms with Gasteiger partial charge >= 0.3 is 6.09 Å². The van der Waals surface area contributed by atoms with Crippen LogP contribution in [0.4, 0.5) is 4.79 Å². The number of nitrogens with zero attached hydrogens (tertiary/aromatic N) is 1. The van der Waals surface area contributed by atoms with Crippen LogP contribution in [0.2, 0.25) is 0 Å². The highest BCUT2D eigenvalue weighted by molar-refractivity contribution is 7.72. The Hall–Kier alpha value is -1.82. The van der Waals surface area contributed by atoms with Gasteiger partial charge in [0, 0.05) is 5.39 Å². The number of ether oxygens (including phenoxy) is 1. The van der Waals surface area contributed by atoms with Gasteiger partial charge in [-0.3, -0.25) is 0 Å². The van der Waals surface area contributed by atoms with Crippen LogP contribution < -0.4 is 0 Å². The predicted octanol–water partition coefficient (Wildman–Crippen LogP) is 2.39. The minimum atomic E-state index is -2.88. The summed E-state index contributed by atoms with van der Waals surface area (Å²) in [5.41, 5.74) is -0.167. The van der Waals surface area contributed by atoms with Gasteiger partial charge in [0.1, 0.15) is 10.6 Å². The van der Waals surface area contributed by atoms with Crippen molar-refractivity contribution in [1.82, 2.24) is 4.57 Å². The number of carbonyl (C=O) groups excluding carboxylic acids is 1. The Labute approximate surface area is 112 Å². The van der Waals surface area contributed by atoms with Gasteiger partial charge in [0.2, 0.25) is 0 Å². The van der Waals surface area contributed by atoms with E-state index in [0.29, 0.717) is 10.9 Å². The number of aromatic nitrogens is 1. The second kappa shape index (κ2) is 4.70. The van der Waals surface area contributed by atoms with E-state index in [1.807, 2.05) is 0 Å². The van der Waals surface area contributed by atoms with Crippen LogP contribution >= 0.6 is 0 Å². The van der Waals surface area contributed by atoms with Crippen molar-refractivity contribution in [2.24, 2.45) is 0 Å². The summed E-state index contributed by atoms with van der Waals surface area (Å²) in [6.07, 6.45) is -0.692. The molecule has 1 aromatic carbocycles. The van der Waals surface area contributed by atoms with Crippen LogP contribution in [0.25, 0.3) is 10.9 Å². The molecule has 0 fully saturated rings. The average Bonchev–Trinajstić information content (AvgIpc) is 2.65. The molecule has 0 atom stereocenters. The molecule has 2 aromatic rings. The van der Waals surface area contributed by atoms with Gasteiger partial charge in [0.25, 0.3) is 0 Å². The highest BCUT2D eigenvalue weighted by atomic mass is 32.2. The summed E-state index contributed by atoms with van der Waals surface area (Å²) >= 11 is 0. The van der Waals surface area contributed by atoms with E-state index in [9.17, 15) is 13.2 Å². The van der Waals surface area contributed by atoms with Crippen LogP contribution in [-0.2, 0) is 15.4 Å². The largest absolute Gasteiger partial charge is 0.443 e. The summed E-state index contributed by atoms with van der Waals surface area (Å²) in [7, 11) is -2.88. The van der Waals surface area contributed by atoms with Crippen molar-refractivity contribution in [1.29, 1.82) is 0 Å². The van der Waals surface area contributed by atoms with Gasteiger partial charge in [-0.05, 0) is 32.9 Å². The maximum atomic E-state index is 12.1. The Morgan fingerprint density at radius 3 is 2.42 bits per heavy atom. The number of thiol groups is 1. The monoisotopic (exact) mass is 281 g/mol. The first-order valence-electron chi connectivity index (χ1n) is 5.78. The molecule has 0 radical (unpaired) electrons. The normalized spacial score (nSPS) is 12.0. The third-order valence-corrected chi connectivity index (χ3v) is 3.16. The minimum Gasteiger partial charge on any atom is -0.443 e. The SMILES string of the molecule is CC(C)(C)OC(=O)n1c([SH](=O)=O)cc2ccccc21. The first kappa shape index (κ1) is 13.6. The molecule has 0 saturated carbocycles. The Morgan fingerprint density at radius 2 is 1.84 bits per heavy atom. The van der Waals surface area contributed by atoms with Crippen molar-refractivity contribution in [3.8, 4) is 0 Å². The quantitative estimate of drug-likeness (QED) is 0.815. The van der Waals surface area contributed by atoms with Crippen LogP contribution in [-0.4, -0.2) is 24.7 Å². The lowest BCUT2D eigenvalue weighted by Gasteiger charge is -2.20. The highest BCUT2D eigenvalue weighted by Crippen LogP contribution is 2.22. The lowest BCUT2D eigenvalue weighted by atomic mass is 10.2. The van der Waals surface area contributed by atoms with Crippen molar-refractivity contribution >= 4 is 27.7 Å². The first-order chi connectivity index (χ1) is 8.79.